The van der Waals surface area contributed by atoms with Crippen LogP contribution in [0.2, 0.25) is 0 Å². The van der Waals surface area contributed by atoms with Gasteiger partial charge >= 0.3 is 0 Å². The molecule has 3 aliphatic rings. The third-order valence-corrected chi connectivity index (χ3v) is 5.92. The lowest BCUT2D eigenvalue weighted by Gasteiger charge is -2.37. The molecular weight excluding hydrogens is 274 g/mol. The van der Waals surface area contributed by atoms with E-state index >= 15 is 0 Å². The Labute approximate surface area is 135 Å². The maximum Gasteiger partial charge on any atom is 0.191 e. The summed E-state index contributed by atoms with van der Waals surface area (Å²) in [4.78, 5) is 9.50. The van der Waals surface area contributed by atoms with Gasteiger partial charge in [-0.3, -0.25) is 9.89 Å². The Morgan fingerprint density at radius 1 is 1.23 bits per heavy atom. The molecule has 1 saturated heterocycles. The molecule has 1 unspecified atom stereocenters. The first-order valence-electron chi connectivity index (χ1n) is 9.02. The molecular formula is C17H33N5. The molecule has 0 aromatic rings. The van der Waals surface area contributed by atoms with Crippen LogP contribution >= 0.6 is 0 Å². The molecule has 2 saturated carbocycles. The number of nitrogens with zero attached hydrogens (tertiary/aromatic N) is 3. The number of aliphatic imine (C=N–C) groups is 1. The molecule has 5 nitrogen and oxygen atoms in total. The monoisotopic (exact) mass is 307 g/mol. The molecule has 2 N–H and O–H groups in total. The topological polar surface area (TPSA) is 42.9 Å². The second-order valence-corrected chi connectivity index (χ2v) is 7.61. The second-order valence-electron chi connectivity index (χ2n) is 7.61. The molecule has 1 aliphatic heterocycles. The number of nitrogens with one attached hydrogen (secondary N) is 2. The zero-order valence-corrected chi connectivity index (χ0v) is 14.6. The Morgan fingerprint density at radius 2 is 1.95 bits per heavy atom. The number of guanidine groups is 1. The molecule has 0 radical (unpaired) electrons. The van der Waals surface area contributed by atoms with Crippen molar-refractivity contribution in [2.75, 3.05) is 40.8 Å². The highest BCUT2D eigenvalue weighted by Crippen LogP contribution is 2.33. The molecule has 22 heavy (non-hydrogen) atoms. The summed E-state index contributed by atoms with van der Waals surface area (Å²) in [6.45, 7) is 3.43. The van der Waals surface area contributed by atoms with E-state index < -0.39 is 0 Å². The molecule has 2 aliphatic carbocycles. The average Bonchev–Trinajstić information content (AvgIpc) is 3.06. The summed E-state index contributed by atoms with van der Waals surface area (Å²) in [5.41, 5.74) is 0.313. The fourth-order valence-corrected chi connectivity index (χ4v) is 4.13. The number of hydrogen-bond donors (Lipinski definition) is 2. The summed E-state index contributed by atoms with van der Waals surface area (Å²) in [6, 6.07) is 1.45. The zero-order chi connectivity index (χ0) is 15.6. The summed E-state index contributed by atoms with van der Waals surface area (Å²) in [5.74, 6) is 0.982. The second kappa shape index (κ2) is 6.75. The normalized spacial score (nSPS) is 29.3. The molecule has 3 fully saturated rings. The molecule has 1 heterocycles. The molecule has 3 rings (SSSR count). The molecule has 126 valence electrons. The summed E-state index contributed by atoms with van der Waals surface area (Å²) < 4.78 is 0. The summed E-state index contributed by atoms with van der Waals surface area (Å²) in [5, 5.41) is 7.24. The van der Waals surface area contributed by atoms with Gasteiger partial charge in [0.2, 0.25) is 0 Å². The van der Waals surface area contributed by atoms with Gasteiger partial charge in [0.25, 0.3) is 0 Å². The van der Waals surface area contributed by atoms with Crippen LogP contribution in [0.5, 0.6) is 0 Å². The minimum Gasteiger partial charge on any atom is -0.355 e. The first-order valence-corrected chi connectivity index (χ1v) is 9.02. The summed E-state index contributed by atoms with van der Waals surface area (Å²) in [6.07, 6.45) is 9.35. The molecule has 0 aromatic carbocycles. The van der Waals surface area contributed by atoms with E-state index in [2.05, 4.69) is 39.5 Å². The van der Waals surface area contributed by atoms with E-state index in [-0.39, 0.29) is 0 Å². The molecule has 5 heteroatoms. The first kappa shape index (κ1) is 16.1. The lowest BCUT2D eigenvalue weighted by Crippen LogP contribution is -2.54. The van der Waals surface area contributed by atoms with E-state index in [1.54, 1.807) is 0 Å². The van der Waals surface area contributed by atoms with Gasteiger partial charge in [-0.25, -0.2) is 0 Å². The molecule has 1 atom stereocenters. The van der Waals surface area contributed by atoms with Crippen LogP contribution in [0.15, 0.2) is 4.99 Å². The van der Waals surface area contributed by atoms with Gasteiger partial charge in [-0.1, -0.05) is 12.8 Å². The third kappa shape index (κ3) is 3.57. The van der Waals surface area contributed by atoms with Gasteiger partial charge in [-0.05, 0) is 46.2 Å². The Balaban J connectivity index is 1.47. The van der Waals surface area contributed by atoms with Gasteiger partial charge < -0.3 is 15.5 Å². The maximum atomic E-state index is 4.45. The van der Waals surface area contributed by atoms with Gasteiger partial charge in [0.1, 0.15) is 0 Å². The zero-order valence-electron chi connectivity index (χ0n) is 14.6. The maximum absolute atomic E-state index is 4.45. The van der Waals surface area contributed by atoms with Crippen LogP contribution in [-0.4, -0.2) is 74.2 Å². The van der Waals surface area contributed by atoms with Crippen molar-refractivity contribution in [2.24, 2.45) is 4.99 Å². The van der Waals surface area contributed by atoms with Crippen molar-refractivity contribution in [1.82, 2.24) is 20.4 Å². The number of likely N-dealkylation sites (N-methyl/N-ethyl adjacent to an activating group) is 1. The van der Waals surface area contributed by atoms with Crippen LogP contribution in [0.4, 0.5) is 0 Å². The highest BCUT2D eigenvalue weighted by Gasteiger charge is 2.37. The van der Waals surface area contributed by atoms with Crippen molar-refractivity contribution in [3.05, 3.63) is 0 Å². The number of likely N-dealkylation sites (tertiary alicyclic amines) is 1. The fourth-order valence-electron chi connectivity index (χ4n) is 4.13. The number of rotatable bonds is 5. The Kier molecular flexibility index (Phi) is 4.93. The van der Waals surface area contributed by atoms with Crippen LogP contribution in [0, 0.1) is 0 Å². The fraction of sp³-hybridized carbons (Fsp3) is 0.941. The standard InChI is InChI=1S/C17H33N5/c1-18-16(19-13-17(21(2)3)9-4-5-10-17)20-14-8-11-22(12-14)15-6-7-15/h14-15H,4-13H2,1-3H3,(H2,18,19,20). The predicted molar refractivity (Wildman–Crippen MR) is 92.4 cm³/mol. The largest absolute Gasteiger partial charge is 0.355 e. The van der Waals surface area contributed by atoms with Crippen molar-refractivity contribution in [3.63, 3.8) is 0 Å². The van der Waals surface area contributed by atoms with Gasteiger partial charge in [0.05, 0.1) is 0 Å². The van der Waals surface area contributed by atoms with Crippen molar-refractivity contribution < 1.29 is 0 Å². The lowest BCUT2D eigenvalue weighted by atomic mass is 9.96. The lowest BCUT2D eigenvalue weighted by molar-refractivity contribution is 0.160. The third-order valence-electron chi connectivity index (χ3n) is 5.92. The van der Waals surface area contributed by atoms with Gasteiger partial charge in [0, 0.05) is 44.3 Å². The minimum atomic E-state index is 0.313. The van der Waals surface area contributed by atoms with Crippen molar-refractivity contribution in [3.8, 4) is 0 Å². The smallest absolute Gasteiger partial charge is 0.191 e. The van der Waals surface area contributed by atoms with E-state index in [4.69, 9.17) is 0 Å². The SMILES string of the molecule is CN=C(NCC1(N(C)C)CCCC1)NC1CCN(C2CC2)C1. The van der Waals surface area contributed by atoms with E-state index in [1.165, 1.54) is 58.0 Å². The highest BCUT2D eigenvalue weighted by molar-refractivity contribution is 5.80. The van der Waals surface area contributed by atoms with Gasteiger partial charge in [0.15, 0.2) is 5.96 Å². The van der Waals surface area contributed by atoms with Crippen LogP contribution in [0.1, 0.15) is 44.9 Å². The average molecular weight is 307 g/mol. The summed E-state index contributed by atoms with van der Waals surface area (Å²) >= 11 is 0. The molecule has 0 aromatic heterocycles. The quantitative estimate of drug-likeness (QED) is 0.593. The van der Waals surface area contributed by atoms with Crippen LogP contribution < -0.4 is 10.6 Å². The van der Waals surface area contributed by atoms with Gasteiger partial charge in [-0.15, -0.1) is 0 Å². The molecule has 0 bridgehead atoms. The minimum absolute atomic E-state index is 0.313. The Morgan fingerprint density at radius 3 is 2.55 bits per heavy atom. The van der Waals surface area contributed by atoms with E-state index in [9.17, 15) is 0 Å². The van der Waals surface area contributed by atoms with Crippen LogP contribution in [0.25, 0.3) is 0 Å². The highest BCUT2D eigenvalue weighted by atomic mass is 15.3. The first-order chi connectivity index (χ1) is 10.6. The molecule has 0 spiro atoms. The Bertz CT molecular complexity index is 396. The van der Waals surface area contributed by atoms with E-state index in [0.29, 0.717) is 11.6 Å². The summed E-state index contributed by atoms with van der Waals surface area (Å²) in [7, 11) is 6.32. The van der Waals surface area contributed by atoms with E-state index in [1.807, 2.05) is 7.05 Å². The van der Waals surface area contributed by atoms with Crippen molar-refractivity contribution in [2.45, 2.75) is 62.6 Å². The van der Waals surface area contributed by atoms with Crippen molar-refractivity contribution >= 4 is 5.96 Å². The van der Waals surface area contributed by atoms with Crippen LogP contribution in [-0.2, 0) is 0 Å². The van der Waals surface area contributed by atoms with Crippen molar-refractivity contribution in [1.29, 1.82) is 0 Å². The molecule has 0 amide bonds. The Hall–Kier alpha value is -0.810. The van der Waals surface area contributed by atoms with Gasteiger partial charge in [-0.2, -0.15) is 0 Å². The van der Waals surface area contributed by atoms with E-state index in [0.717, 1.165) is 18.5 Å². The van der Waals surface area contributed by atoms with Crippen LogP contribution in [0.3, 0.4) is 0 Å². The number of hydrogen-bond acceptors (Lipinski definition) is 3. The predicted octanol–water partition coefficient (Wildman–Crippen LogP) is 1.26.